The van der Waals surface area contributed by atoms with Gasteiger partial charge in [0, 0.05) is 0 Å². The molecule has 0 N–H and O–H groups in total. The van der Waals surface area contributed by atoms with Gasteiger partial charge in [-0.2, -0.15) is 0 Å². The van der Waals surface area contributed by atoms with E-state index in [1.165, 1.54) is 6.08 Å². The molecule has 0 saturated heterocycles. The molecule has 0 aliphatic heterocycles. The van der Waals surface area contributed by atoms with E-state index in [9.17, 15) is 19.2 Å². The van der Waals surface area contributed by atoms with Gasteiger partial charge in [-0.25, -0.2) is 39.1 Å². The molecule has 28 heavy (non-hydrogen) atoms. The summed E-state index contributed by atoms with van der Waals surface area (Å²) in [5, 5.41) is 0. The van der Waals surface area contributed by atoms with Crippen molar-refractivity contribution in [2.75, 3.05) is 19.6 Å². The summed E-state index contributed by atoms with van der Waals surface area (Å²) in [5.41, 5.74) is 0. The molecular formula is C20H30N4O4. The molecule has 0 aliphatic rings. The predicted molar refractivity (Wildman–Crippen MR) is 105 cm³/mol. The van der Waals surface area contributed by atoms with Gasteiger partial charge in [-0.3, -0.25) is 0 Å². The second-order valence-corrected chi connectivity index (χ2v) is 6.66. The van der Waals surface area contributed by atoms with Crippen LogP contribution in [0.5, 0.6) is 0 Å². The lowest BCUT2D eigenvalue weighted by Gasteiger charge is -2.23. The first-order chi connectivity index (χ1) is 13.8. The quantitative estimate of drug-likeness (QED) is 0.190. The lowest BCUT2D eigenvalue weighted by Crippen LogP contribution is -2.19. The molecule has 8 nitrogen and oxygen atoms in total. The molecule has 2 unspecified atom stereocenters. The van der Waals surface area contributed by atoms with Crippen LogP contribution >= 0.6 is 0 Å². The number of carbonyl (C=O) groups excluding carboxylic acids is 4. The molecule has 0 saturated carbocycles. The van der Waals surface area contributed by atoms with Crippen molar-refractivity contribution in [3.63, 3.8) is 0 Å². The molecule has 0 bridgehead atoms. The fourth-order valence-corrected chi connectivity index (χ4v) is 3.23. The zero-order valence-corrected chi connectivity index (χ0v) is 16.5. The highest BCUT2D eigenvalue weighted by atomic mass is 16.1. The van der Waals surface area contributed by atoms with Crippen LogP contribution in [0.3, 0.4) is 0 Å². The standard InChI is InChI=1S/C20H30N4O4/c25-15-21-12-6-1-3-9-19(10-5-8-14-23-17-27)20(24-18-28)11-4-2-7-13-22-16-26/h19-20H,1-14H2. The topological polar surface area (TPSA) is 118 Å². The minimum Gasteiger partial charge on any atom is -0.211 e. The van der Waals surface area contributed by atoms with E-state index in [0.29, 0.717) is 19.6 Å². The highest BCUT2D eigenvalue weighted by Crippen LogP contribution is 2.26. The van der Waals surface area contributed by atoms with E-state index in [-0.39, 0.29) is 12.0 Å². The highest BCUT2D eigenvalue weighted by Gasteiger charge is 2.20. The third-order valence-electron chi connectivity index (χ3n) is 4.67. The summed E-state index contributed by atoms with van der Waals surface area (Å²) in [6.45, 7) is 1.45. The van der Waals surface area contributed by atoms with Gasteiger partial charge in [0.05, 0.1) is 25.7 Å². The third-order valence-corrected chi connectivity index (χ3v) is 4.67. The summed E-state index contributed by atoms with van der Waals surface area (Å²) in [7, 11) is 0. The zero-order valence-electron chi connectivity index (χ0n) is 16.5. The van der Waals surface area contributed by atoms with Crippen molar-refractivity contribution in [3.05, 3.63) is 0 Å². The molecule has 0 aliphatic carbocycles. The first kappa shape index (κ1) is 25.5. The maximum absolute atomic E-state index is 10.9. The van der Waals surface area contributed by atoms with Gasteiger partial charge in [-0.05, 0) is 44.4 Å². The molecule has 0 fully saturated rings. The SMILES string of the molecule is O=C=NCCCCCC(CCCCN=C=O)C(CCCCCN=C=O)N=C=O. The van der Waals surface area contributed by atoms with Crippen molar-refractivity contribution in [1.82, 2.24) is 0 Å². The number of hydrogen-bond acceptors (Lipinski definition) is 8. The van der Waals surface area contributed by atoms with Crippen molar-refractivity contribution >= 4 is 24.3 Å². The van der Waals surface area contributed by atoms with Crippen LogP contribution < -0.4 is 0 Å². The van der Waals surface area contributed by atoms with E-state index in [1.807, 2.05) is 0 Å². The molecular weight excluding hydrogens is 360 g/mol. The molecule has 0 spiro atoms. The Kier molecular flexibility index (Phi) is 19.0. The highest BCUT2D eigenvalue weighted by molar-refractivity contribution is 5.34. The van der Waals surface area contributed by atoms with Gasteiger partial charge in [0.2, 0.25) is 24.3 Å². The van der Waals surface area contributed by atoms with Crippen molar-refractivity contribution < 1.29 is 19.2 Å². The summed E-state index contributed by atoms with van der Waals surface area (Å²) in [6.07, 6.45) is 16.1. The average Bonchev–Trinajstić information content (AvgIpc) is 2.70. The van der Waals surface area contributed by atoms with Crippen LogP contribution in [0.15, 0.2) is 20.0 Å². The van der Waals surface area contributed by atoms with Crippen LogP contribution in [-0.2, 0) is 19.2 Å². The fraction of sp³-hybridized carbons (Fsp3) is 0.800. The number of nitrogens with zero attached hydrogens (tertiary/aromatic N) is 4. The van der Waals surface area contributed by atoms with Crippen LogP contribution in [0.25, 0.3) is 0 Å². The molecule has 0 aromatic carbocycles. The minimum atomic E-state index is -0.0744. The molecule has 0 amide bonds. The monoisotopic (exact) mass is 390 g/mol. The van der Waals surface area contributed by atoms with Gasteiger partial charge in [-0.1, -0.05) is 32.1 Å². The Morgan fingerprint density at radius 3 is 1.39 bits per heavy atom. The molecule has 0 rings (SSSR count). The van der Waals surface area contributed by atoms with Crippen LogP contribution in [0, 0.1) is 5.92 Å². The smallest absolute Gasteiger partial charge is 0.211 e. The predicted octanol–water partition coefficient (Wildman–Crippen LogP) is 3.61. The van der Waals surface area contributed by atoms with Gasteiger partial charge >= 0.3 is 0 Å². The maximum Gasteiger partial charge on any atom is 0.235 e. The Labute approximate surface area is 166 Å². The lowest BCUT2D eigenvalue weighted by atomic mass is 9.86. The zero-order chi connectivity index (χ0) is 20.7. The molecule has 0 aromatic rings. The normalized spacial score (nSPS) is 11.9. The Morgan fingerprint density at radius 2 is 0.929 bits per heavy atom. The van der Waals surface area contributed by atoms with E-state index >= 15 is 0 Å². The van der Waals surface area contributed by atoms with Crippen LogP contribution in [-0.4, -0.2) is 50.0 Å². The van der Waals surface area contributed by atoms with Gasteiger partial charge < -0.3 is 0 Å². The Balaban J connectivity index is 4.55. The average molecular weight is 390 g/mol. The molecule has 8 heteroatoms. The molecule has 0 aromatic heterocycles. The first-order valence-electron chi connectivity index (χ1n) is 9.98. The van der Waals surface area contributed by atoms with Gasteiger partial charge in [0.1, 0.15) is 0 Å². The van der Waals surface area contributed by atoms with Gasteiger partial charge in [0.25, 0.3) is 0 Å². The summed E-state index contributed by atoms with van der Waals surface area (Å²) in [5.74, 6) is 0.268. The van der Waals surface area contributed by atoms with Crippen molar-refractivity contribution in [1.29, 1.82) is 0 Å². The summed E-state index contributed by atoms with van der Waals surface area (Å²) in [4.78, 5) is 55.9. The maximum atomic E-state index is 10.9. The van der Waals surface area contributed by atoms with E-state index in [0.717, 1.165) is 70.6 Å². The van der Waals surface area contributed by atoms with Gasteiger partial charge in [-0.15, -0.1) is 0 Å². The van der Waals surface area contributed by atoms with E-state index < -0.39 is 0 Å². The van der Waals surface area contributed by atoms with Gasteiger partial charge in [0.15, 0.2) is 0 Å². The van der Waals surface area contributed by atoms with Crippen molar-refractivity contribution in [2.45, 2.75) is 76.7 Å². The number of rotatable bonds is 19. The van der Waals surface area contributed by atoms with Crippen molar-refractivity contribution in [2.24, 2.45) is 25.9 Å². The van der Waals surface area contributed by atoms with Crippen LogP contribution in [0.1, 0.15) is 70.6 Å². The van der Waals surface area contributed by atoms with Crippen LogP contribution in [0.2, 0.25) is 0 Å². The minimum absolute atomic E-state index is 0.0744. The molecule has 0 heterocycles. The van der Waals surface area contributed by atoms with E-state index in [1.54, 1.807) is 18.2 Å². The largest absolute Gasteiger partial charge is 0.235 e. The summed E-state index contributed by atoms with van der Waals surface area (Å²) >= 11 is 0. The Bertz CT molecular complexity index is 585. The number of aliphatic imine (C=N–C) groups is 4. The Morgan fingerprint density at radius 1 is 0.500 bits per heavy atom. The summed E-state index contributed by atoms with van der Waals surface area (Å²) in [6, 6.07) is -0.0744. The molecule has 0 radical (unpaired) electrons. The van der Waals surface area contributed by atoms with E-state index in [4.69, 9.17) is 0 Å². The second-order valence-electron chi connectivity index (χ2n) is 6.66. The second kappa shape index (κ2) is 20.8. The van der Waals surface area contributed by atoms with Crippen molar-refractivity contribution in [3.8, 4) is 0 Å². The molecule has 154 valence electrons. The summed E-state index contributed by atoms with van der Waals surface area (Å²) < 4.78 is 0. The van der Waals surface area contributed by atoms with E-state index in [2.05, 4.69) is 20.0 Å². The van der Waals surface area contributed by atoms with Crippen LogP contribution in [0.4, 0.5) is 0 Å². The number of isocyanates is 4. The Hall–Kier alpha value is -2.48. The number of hydrogen-bond donors (Lipinski definition) is 0. The third kappa shape index (κ3) is 15.7. The fourth-order valence-electron chi connectivity index (χ4n) is 3.23. The molecule has 2 atom stereocenters. The number of unbranched alkanes of at least 4 members (excludes halogenated alkanes) is 5. The first-order valence-corrected chi connectivity index (χ1v) is 9.98. The lowest BCUT2D eigenvalue weighted by molar-refractivity contribution is 0.326.